The topological polar surface area (TPSA) is 75.7 Å². The van der Waals surface area contributed by atoms with Gasteiger partial charge in [0.25, 0.3) is 0 Å². The SMILES string of the molecule is CS(=O)(=O)N(CC(=O)Nc1ccc(Oc2ccccc2)cc1)c1cc(Cl)c(Cl)cc1Cl. The first-order valence-electron chi connectivity index (χ1n) is 8.88. The maximum absolute atomic E-state index is 12.5. The Morgan fingerprint density at radius 2 is 1.48 bits per heavy atom. The summed E-state index contributed by atoms with van der Waals surface area (Å²) < 4.78 is 31.1. The quantitative estimate of drug-likeness (QED) is 0.414. The summed E-state index contributed by atoms with van der Waals surface area (Å²) in [5.41, 5.74) is 0.527. The minimum Gasteiger partial charge on any atom is -0.457 e. The molecule has 31 heavy (non-hydrogen) atoms. The van der Waals surface area contributed by atoms with E-state index in [2.05, 4.69) is 5.32 Å². The molecule has 10 heteroatoms. The maximum Gasteiger partial charge on any atom is 0.245 e. The number of para-hydroxylation sites is 1. The second kappa shape index (κ2) is 9.78. The van der Waals surface area contributed by atoms with Gasteiger partial charge in [0.2, 0.25) is 15.9 Å². The number of rotatable bonds is 7. The average molecular weight is 500 g/mol. The van der Waals surface area contributed by atoms with E-state index in [1.807, 2.05) is 30.3 Å². The molecule has 1 amide bonds. The molecule has 0 aliphatic heterocycles. The Bertz CT molecular complexity index is 1190. The molecular weight excluding hydrogens is 483 g/mol. The number of amides is 1. The first-order chi connectivity index (χ1) is 14.6. The van der Waals surface area contributed by atoms with E-state index in [1.54, 1.807) is 24.3 Å². The fourth-order valence-electron chi connectivity index (χ4n) is 2.65. The van der Waals surface area contributed by atoms with Gasteiger partial charge in [-0.15, -0.1) is 0 Å². The highest BCUT2D eigenvalue weighted by Crippen LogP contribution is 2.35. The zero-order valence-electron chi connectivity index (χ0n) is 16.2. The van der Waals surface area contributed by atoms with E-state index in [-0.39, 0.29) is 20.8 Å². The van der Waals surface area contributed by atoms with E-state index in [0.717, 1.165) is 10.6 Å². The Kier molecular flexibility index (Phi) is 7.33. The normalized spacial score (nSPS) is 11.1. The zero-order chi connectivity index (χ0) is 22.6. The van der Waals surface area contributed by atoms with Gasteiger partial charge in [-0.1, -0.05) is 53.0 Å². The lowest BCUT2D eigenvalue weighted by atomic mass is 10.3. The van der Waals surface area contributed by atoms with Crippen molar-refractivity contribution in [2.75, 3.05) is 22.4 Å². The minimum atomic E-state index is -3.83. The lowest BCUT2D eigenvalue weighted by Gasteiger charge is -2.23. The van der Waals surface area contributed by atoms with Crippen LogP contribution in [0.4, 0.5) is 11.4 Å². The molecule has 162 valence electrons. The summed E-state index contributed by atoms with van der Waals surface area (Å²) in [6, 6.07) is 18.5. The van der Waals surface area contributed by atoms with Crippen molar-refractivity contribution in [2.24, 2.45) is 0 Å². The molecule has 0 saturated heterocycles. The number of halogens is 3. The van der Waals surface area contributed by atoms with Crippen LogP contribution in [0.15, 0.2) is 66.7 Å². The molecule has 0 saturated carbocycles. The summed E-state index contributed by atoms with van der Waals surface area (Å²) in [5, 5.41) is 2.99. The van der Waals surface area contributed by atoms with Crippen LogP contribution in [0, 0.1) is 0 Å². The van der Waals surface area contributed by atoms with E-state index in [1.165, 1.54) is 12.1 Å². The van der Waals surface area contributed by atoms with Gasteiger partial charge >= 0.3 is 0 Å². The lowest BCUT2D eigenvalue weighted by Crippen LogP contribution is -2.37. The summed E-state index contributed by atoms with van der Waals surface area (Å²) in [7, 11) is -3.83. The van der Waals surface area contributed by atoms with E-state index in [0.29, 0.717) is 17.2 Å². The molecule has 0 aliphatic rings. The summed E-state index contributed by atoms with van der Waals surface area (Å²) in [6.45, 7) is -0.501. The third kappa shape index (κ3) is 6.27. The molecule has 1 N–H and O–H groups in total. The molecule has 0 aliphatic carbocycles. The molecule has 0 spiro atoms. The number of sulfonamides is 1. The van der Waals surface area contributed by atoms with Crippen molar-refractivity contribution >= 4 is 62.1 Å². The van der Waals surface area contributed by atoms with Gasteiger partial charge in [0.15, 0.2) is 0 Å². The van der Waals surface area contributed by atoms with Crippen LogP contribution >= 0.6 is 34.8 Å². The number of nitrogens with zero attached hydrogens (tertiary/aromatic N) is 1. The number of ether oxygens (including phenoxy) is 1. The second-order valence-electron chi connectivity index (χ2n) is 6.48. The molecule has 0 radical (unpaired) electrons. The van der Waals surface area contributed by atoms with Gasteiger partial charge in [-0.05, 0) is 48.5 Å². The molecule has 0 fully saturated rings. The molecule has 0 atom stereocenters. The van der Waals surface area contributed by atoms with Crippen LogP contribution in [0.3, 0.4) is 0 Å². The standard InChI is InChI=1S/C21H17Cl3N2O4S/c1-31(28,29)26(20-12-18(23)17(22)11-19(20)24)13-21(27)25-14-7-9-16(10-8-14)30-15-5-3-2-4-6-15/h2-12H,13H2,1H3,(H,25,27). The first kappa shape index (κ1) is 23.2. The van der Waals surface area contributed by atoms with Crippen LogP contribution in [0.5, 0.6) is 11.5 Å². The molecule has 0 unspecified atom stereocenters. The van der Waals surface area contributed by atoms with Crippen LogP contribution in [0.2, 0.25) is 15.1 Å². The van der Waals surface area contributed by atoms with Crippen molar-refractivity contribution in [3.05, 3.63) is 81.8 Å². The second-order valence-corrected chi connectivity index (χ2v) is 9.60. The number of carbonyl (C=O) groups is 1. The van der Waals surface area contributed by atoms with Crippen molar-refractivity contribution in [2.45, 2.75) is 0 Å². The third-order valence-electron chi connectivity index (χ3n) is 4.06. The third-order valence-corrected chi connectivity index (χ3v) is 6.21. The Hall–Kier alpha value is -2.45. The largest absolute Gasteiger partial charge is 0.457 e. The zero-order valence-corrected chi connectivity index (χ0v) is 19.3. The molecule has 6 nitrogen and oxygen atoms in total. The highest BCUT2D eigenvalue weighted by molar-refractivity contribution is 7.92. The Morgan fingerprint density at radius 3 is 2.10 bits per heavy atom. The van der Waals surface area contributed by atoms with Gasteiger partial charge in [0.1, 0.15) is 18.0 Å². The Balaban J connectivity index is 1.72. The smallest absolute Gasteiger partial charge is 0.245 e. The van der Waals surface area contributed by atoms with Crippen LogP contribution < -0.4 is 14.4 Å². The molecule has 0 heterocycles. The van der Waals surface area contributed by atoms with Crippen LogP contribution in [0.25, 0.3) is 0 Å². The first-order valence-corrected chi connectivity index (χ1v) is 11.9. The van der Waals surface area contributed by atoms with Gasteiger partial charge in [0, 0.05) is 5.69 Å². The van der Waals surface area contributed by atoms with Gasteiger partial charge in [-0.3, -0.25) is 9.10 Å². The van der Waals surface area contributed by atoms with Crippen molar-refractivity contribution in [3.8, 4) is 11.5 Å². The number of anilines is 2. The summed E-state index contributed by atoms with van der Waals surface area (Å²) >= 11 is 18.0. The Labute approximate surface area is 195 Å². The van der Waals surface area contributed by atoms with Crippen molar-refractivity contribution in [1.29, 1.82) is 0 Å². The average Bonchev–Trinajstić information content (AvgIpc) is 2.71. The van der Waals surface area contributed by atoms with Crippen LogP contribution in [-0.2, 0) is 14.8 Å². The fraction of sp³-hybridized carbons (Fsp3) is 0.0952. The number of nitrogens with one attached hydrogen (secondary N) is 1. The molecule has 3 aromatic carbocycles. The van der Waals surface area contributed by atoms with Gasteiger partial charge in [-0.2, -0.15) is 0 Å². The van der Waals surface area contributed by atoms with Crippen molar-refractivity contribution in [3.63, 3.8) is 0 Å². The summed E-state index contributed by atoms with van der Waals surface area (Å²) in [6.07, 6.45) is 0.967. The van der Waals surface area contributed by atoms with Gasteiger partial charge in [0.05, 0.1) is 27.0 Å². The van der Waals surface area contributed by atoms with E-state index >= 15 is 0 Å². The number of hydrogen-bond donors (Lipinski definition) is 1. The van der Waals surface area contributed by atoms with Gasteiger partial charge < -0.3 is 10.1 Å². The minimum absolute atomic E-state index is 0.0510. The molecule has 3 aromatic rings. The molecule has 0 aromatic heterocycles. The molecular formula is C21H17Cl3N2O4S. The van der Waals surface area contributed by atoms with E-state index < -0.39 is 22.5 Å². The molecule has 0 bridgehead atoms. The monoisotopic (exact) mass is 498 g/mol. The summed E-state index contributed by atoms with van der Waals surface area (Å²) in [4.78, 5) is 12.5. The maximum atomic E-state index is 12.5. The van der Waals surface area contributed by atoms with E-state index in [4.69, 9.17) is 39.5 Å². The highest BCUT2D eigenvalue weighted by atomic mass is 35.5. The van der Waals surface area contributed by atoms with Gasteiger partial charge in [-0.25, -0.2) is 8.42 Å². The van der Waals surface area contributed by atoms with Crippen molar-refractivity contribution in [1.82, 2.24) is 0 Å². The van der Waals surface area contributed by atoms with Crippen molar-refractivity contribution < 1.29 is 17.9 Å². The lowest BCUT2D eigenvalue weighted by molar-refractivity contribution is -0.114. The number of hydrogen-bond acceptors (Lipinski definition) is 4. The predicted molar refractivity (Wildman–Crippen MR) is 125 cm³/mol. The van der Waals surface area contributed by atoms with E-state index in [9.17, 15) is 13.2 Å². The summed E-state index contributed by atoms with van der Waals surface area (Å²) in [5.74, 6) is 0.704. The fourth-order valence-corrected chi connectivity index (χ4v) is 4.20. The van der Waals surface area contributed by atoms with Crippen LogP contribution in [0.1, 0.15) is 0 Å². The molecule has 3 rings (SSSR count). The number of benzene rings is 3. The number of carbonyl (C=O) groups excluding carboxylic acids is 1. The van der Waals surface area contributed by atoms with Crippen LogP contribution in [-0.4, -0.2) is 27.1 Å². The Morgan fingerprint density at radius 1 is 0.903 bits per heavy atom. The highest BCUT2D eigenvalue weighted by Gasteiger charge is 2.24. The predicted octanol–water partition coefficient (Wildman–Crippen LogP) is 5.84.